The van der Waals surface area contributed by atoms with Crippen molar-refractivity contribution in [3.8, 4) is 6.07 Å². The highest BCUT2D eigenvalue weighted by atomic mass is 16.3. The molecule has 5 aliphatic rings. The summed E-state index contributed by atoms with van der Waals surface area (Å²) in [5.74, 6) is 2.03. The zero-order chi connectivity index (χ0) is 23.5. The van der Waals surface area contributed by atoms with E-state index in [2.05, 4.69) is 37.0 Å². The van der Waals surface area contributed by atoms with Crippen molar-refractivity contribution in [2.45, 2.75) is 83.8 Å². The van der Waals surface area contributed by atoms with Crippen molar-refractivity contribution in [2.75, 3.05) is 13.1 Å². The molecular formula is C31H42N2O2. The first-order valence-corrected chi connectivity index (χ1v) is 13.7. The summed E-state index contributed by atoms with van der Waals surface area (Å²) in [5.41, 5.74) is 5.13. The van der Waals surface area contributed by atoms with Crippen molar-refractivity contribution in [2.24, 2.45) is 28.6 Å². The first-order chi connectivity index (χ1) is 16.4. The normalized spacial score (nSPS) is 41.8. The smallest absolute Gasteiger partial charge is 0.0991 e. The maximum Gasteiger partial charge on any atom is 0.0991 e. The highest BCUT2D eigenvalue weighted by Crippen LogP contribution is 2.66. The summed E-state index contributed by atoms with van der Waals surface area (Å²) in [4.78, 5) is 2.78. The Hall–Kier alpha value is -1.93. The van der Waals surface area contributed by atoms with Crippen molar-refractivity contribution in [3.63, 3.8) is 0 Å². The van der Waals surface area contributed by atoms with Crippen molar-refractivity contribution < 1.29 is 10.6 Å². The molecule has 6 rings (SSSR count). The Kier molecular flexibility index (Phi) is 6.49. The van der Waals surface area contributed by atoms with Crippen molar-refractivity contribution >= 4 is 6.08 Å². The third kappa shape index (κ3) is 3.91. The van der Waals surface area contributed by atoms with Crippen molar-refractivity contribution in [1.29, 1.82) is 5.26 Å². The monoisotopic (exact) mass is 474 g/mol. The molecule has 188 valence electrons. The number of allylic oxidation sites excluding steroid dienone is 1. The summed E-state index contributed by atoms with van der Waals surface area (Å²) in [6.45, 7) is 7.59. The number of hydrogen-bond acceptors (Lipinski definition) is 3. The number of aliphatic hydroxyl groups excluding tert-OH is 1. The lowest BCUT2D eigenvalue weighted by Crippen LogP contribution is -2.52. The van der Waals surface area contributed by atoms with Gasteiger partial charge in [-0.15, -0.1) is 0 Å². The molecule has 0 aromatic heterocycles. The molecule has 35 heavy (non-hydrogen) atoms. The summed E-state index contributed by atoms with van der Waals surface area (Å²) in [7, 11) is 0. The first-order valence-electron chi connectivity index (χ1n) is 13.7. The van der Waals surface area contributed by atoms with Gasteiger partial charge in [0.1, 0.15) is 0 Å². The molecule has 7 atom stereocenters. The lowest BCUT2D eigenvalue weighted by Gasteiger charge is -2.58. The molecule has 4 aliphatic carbocycles. The van der Waals surface area contributed by atoms with Gasteiger partial charge in [0.2, 0.25) is 0 Å². The number of nitrogens with zero attached hydrogens (tertiary/aromatic N) is 2. The molecule has 4 nitrogen and oxygen atoms in total. The van der Waals surface area contributed by atoms with Crippen LogP contribution in [-0.2, 0) is 0 Å². The van der Waals surface area contributed by atoms with Gasteiger partial charge in [-0.05, 0) is 117 Å². The lowest BCUT2D eigenvalue weighted by atomic mass is 9.48. The molecule has 1 aliphatic heterocycles. The van der Waals surface area contributed by atoms with Gasteiger partial charge in [-0.3, -0.25) is 0 Å². The van der Waals surface area contributed by atoms with Crippen LogP contribution in [0, 0.1) is 39.9 Å². The molecule has 1 aromatic rings. The number of fused-ring (bicyclic) bond motifs is 5. The van der Waals surface area contributed by atoms with E-state index in [1.165, 1.54) is 63.6 Å². The minimum Gasteiger partial charge on any atom is -0.412 e. The predicted molar refractivity (Wildman–Crippen MR) is 140 cm³/mol. The van der Waals surface area contributed by atoms with Gasteiger partial charge in [0.15, 0.2) is 0 Å². The van der Waals surface area contributed by atoms with Gasteiger partial charge < -0.3 is 15.5 Å². The van der Waals surface area contributed by atoms with Crippen LogP contribution in [0.25, 0.3) is 6.08 Å². The first kappa shape index (κ1) is 24.8. The van der Waals surface area contributed by atoms with E-state index in [0.717, 1.165) is 30.4 Å². The van der Waals surface area contributed by atoms with Crippen LogP contribution >= 0.6 is 0 Å². The Morgan fingerprint density at radius 1 is 1.03 bits per heavy atom. The molecule has 1 aromatic carbocycles. The van der Waals surface area contributed by atoms with E-state index in [4.69, 9.17) is 5.26 Å². The number of hydrogen-bond donors (Lipinski definition) is 1. The van der Waals surface area contributed by atoms with E-state index >= 15 is 0 Å². The molecule has 4 fully saturated rings. The molecule has 0 spiro atoms. The van der Waals surface area contributed by atoms with E-state index in [-0.39, 0.29) is 17.0 Å². The van der Waals surface area contributed by atoms with Crippen LogP contribution in [0.15, 0.2) is 41.5 Å². The summed E-state index contributed by atoms with van der Waals surface area (Å²) >= 11 is 0. The molecule has 0 amide bonds. The lowest BCUT2D eigenvalue weighted by molar-refractivity contribution is -0.0662. The second kappa shape index (κ2) is 9.18. The van der Waals surface area contributed by atoms with Gasteiger partial charge in [0.25, 0.3) is 0 Å². The molecule has 4 heteroatoms. The van der Waals surface area contributed by atoms with Crippen LogP contribution in [-0.4, -0.2) is 40.7 Å². The Balaban J connectivity index is 0.00000253. The zero-order valence-electron chi connectivity index (χ0n) is 21.5. The van der Waals surface area contributed by atoms with Crippen LogP contribution in [0.5, 0.6) is 0 Å². The predicted octanol–water partition coefficient (Wildman–Crippen LogP) is 5.51. The van der Waals surface area contributed by atoms with Crippen LogP contribution < -0.4 is 0 Å². The Morgan fingerprint density at radius 2 is 1.77 bits per heavy atom. The standard InChI is InChI=1S/C31H40N2O.H2O/c1-30-13-11-25(33-15-3-4-16-33)19-24(30)9-10-26-27(30)12-14-31(2)28(26)18-23(29(31)34)17-21-5-7-22(20-32)8-6-21;/h5-9,17,25-29,34H,3-4,10-16,18-19H2,1-2H3;1H2/b23-17+;/t25-,26+,27-,28-,29-,30-,31-;/m0./s1. The fourth-order valence-electron chi connectivity index (χ4n) is 8.93. The molecule has 3 N–H and O–H groups in total. The zero-order valence-corrected chi connectivity index (χ0v) is 21.5. The summed E-state index contributed by atoms with van der Waals surface area (Å²) in [6.07, 6.45) is 15.9. The van der Waals surface area contributed by atoms with Crippen molar-refractivity contribution in [1.82, 2.24) is 4.90 Å². The molecule has 1 saturated heterocycles. The minimum absolute atomic E-state index is 0. The third-order valence-electron chi connectivity index (χ3n) is 11.0. The average molecular weight is 475 g/mol. The van der Waals surface area contributed by atoms with Gasteiger partial charge in [-0.2, -0.15) is 5.26 Å². The van der Waals surface area contributed by atoms with Gasteiger partial charge in [0.05, 0.1) is 17.7 Å². The number of likely N-dealkylation sites (tertiary alicyclic amines) is 1. The SMILES string of the molecule is C[C@]12CC[C@H]3[C@@H](CC=C4C[C@@H](N5CCCC5)CC[C@@]43C)[C@@H]1C/C(=C\c1ccc(C#N)cc1)[C@@H]2O.O. The van der Waals surface area contributed by atoms with Crippen LogP contribution in [0.1, 0.15) is 82.8 Å². The topological polar surface area (TPSA) is 78.8 Å². The second-order valence-corrected chi connectivity index (χ2v) is 12.5. The fraction of sp³-hybridized carbons (Fsp3) is 0.645. The number of nitriles is 1. The maximum atomic E-state index is 11.5. The molecular weight excluding hydrogens is 432 g/mol. The number of benzene rings is 1. The fourth-order valence-corrected chi connectivity index (χ4v) is 8.93. The Morgan fingerprint density at radius 3 is 2.49 bits per heavy atom. The van der Waals surface area contributed by atoms with Gasteiger partial charge in [-0.25, -0.2) is 0 Å². The average Bonchev–Trinajstić information content (AvgIpc) is 3.47. The third-order valence-corrected chi connectivity index (χ3v) is 11.0. The summed E-state index contributed by atoms with van der Waals surface area (Å²) in [6, 6.07) is 10.8. The minimum atomic E-state index is -0.349. The molecule has 0 bridgehead atoms. The van der Waals surface area contributed by atoms with Gasteiger partial charge in [0, 0.05) is 11.5 Å². The van der Waals surface area contributed by atoms with Gasteiger partial charge >= 0.3 is 0 Å². The Labute approximate surface area is 211 Å². The van der Waals surface area contributed by atoms with E-state index < -0.39 is 0 Å². The quantitative estimate of drug-likeness (QED) is 0.574. The molecule has 0 unspecified atom stereocenters. The van der Waals surface area contributed by atoms with E-state index in [1.54, 1.807) is 5.57 Å². The van der Waals surface area contributed by atoms with E-state index in [9.17, 15) is 5.11 Å². The second-order valence-electron chi connectivity index (χ2n) is 12.5. The Bertz CT molecular complexity index is 1050. The maximum absolute atomic E-state index is 11.5. The van der Waals surface area contributed by atoms with E-state index in [1.807, 2.05) is 24.3 Å². The summed E-state index contributed by atoms with van der Waals surface area (Å²) in [5, 5.41) is 20.6. The van der Waals surface area contributed by atoms with Crippen LogP contribution in [0.4, 0.5) is 0 Å². The molecule has 0 radical (unpaired) electrons. The van der Waals surface area contributed by atoms with Crippen LogP contribution in [0.3, 0.4) is 0 Å². The molecule has 3 saturated carbocycles. The van der Waals surface area contributed by atoms with Gasteiger partial charge in [-0.1, -0.05) is 43.7 Å². The largest absolute Gasteiger partial charge is 0.412 e. The summed E-state index contributed by atoms with van der Waals surface area (Å²) < 4.78 is 0. The van der Waals surface area contributed by atoms with Crippen molar-refractivity contribution in [3.05, 3.63) is 52.6 Å². The molecule has 1 heterocycles. The highest BCUT2D eigenvalue weighted by molar-refractivity contribution is 5.56. The van der Waals surface area contributed by atoms with E-state index in [0.29, 0.717) is 22.8 Å². The number of aliphatic hydroxyl groups is 1. The highest BCUT2D eigenvalue weighted by Gasteiger charge is 2.59. The number of rotatable bonds is 2. The van der Waals surface area contributed by atoms with Crippen LogP contribution in [0.2, 0.25) is 0 Å².